The molecule has 1 amide bonds. The molecular weight excluding hydrogens is 257 g/mol. The van der Waals surface area contributed by atoms with Crippen molar-refractivity contribution in [3.8, 4) is 0 Å². The second-order valence-electron chi connectivity index (χ2n) is 3.56. The summed E-state index contributed by atoms with van der Waals surface area (Å²) in [5.41, 5.74) is 1.08. The molecule has 1 N–H and O–H groups in total. The molecule has 0 spiro atoms. The number of carbonyl (C=O) groups is 1. The summed E-state index contributed by atoms with van der Waals surface area (Å²) in [4.78, 5) is 19.2. The lowest BCUT2D eigenvalue weighted by Gasteiger charge is -2.05. The molecule has 0 aliphatic rings. The van der Waals surface area contributed by atoms with Crippen molar-refractivity contribution in [2.45, 2.75) is 6.54 Å². The molecule has 92 valence electrons. The molecule has 2 rings (SSSR count). The van der Waals surface area contributed by atoms with Gasteiger partial charge < -0.3 is 5.32 Å². The Hall–Kier alpha value is -2.01. The number of hydrogen-bond donors (Lipinski definition) is 1. The molecule has 4 nitrogen and oxygen atoms in total. The topological polar surface area (TPSA) is 54.9 Å². The van der Waals surface area contributed by atoms with Gasteiger partial charge >= 0.3 is 0 Å². The van der Waals surface area contributed by atoms with Crippen LogP contribution in [0.1, 0.15) is 15.9 Å². The third kappa shape index (κ3) is 3.01. The molecule has 18 heavy (non-hydrogen) atoms. The van der Waals surface area contributed by atoms with Crippen LogP contribution in [0.5, 0.6) is 0 Å². The molecule has 1 aromatic carbocycles. The largest absolute Gasteiger partial charge is 0.348 e. The third-order valence-corrected chi connectivity index (χ3v) is 2.55. The van der Waals surface area contributed by atoms with Crippen molar-refractivity contribution >= 4 is 17.5 Å². The fourth-order valence-electron chi connectivity index (χ4n) is 1.35. The van der Waals surface area contributed by atoms with Crippen LogP contribution in [0, 0.1) is 5.82 Å². The monoisotopic (exact) mass is 265 g/mol. The van der Waals surface area contributed by atoms with Gasteiger partial charge in [0.2, 0.25) is 0 Å². The number of benzene rings is 1. The first-order valence-corrected chi connectivity index (χ1v) is 5.52. The van der Waals surface area contributed by atoms with E-state index in [1.54, 1.807) is 6.07 Å². The third-order valence-electron chi connectivity index (χ3n) is 2.26. The summed E-state index contributed by atoms with van der Waals surface area (Å²) in [5, 5.41) is 2.69. The highest BCUT2D eigenvalue weighted by Crippen LogP contribution is 2.15. The van der Waals surface area contributed by atoms with E-state index in [1.165, 1.54) is 30.9 Å². The van der Waals surface area contributed by atoms with Crippen LogP contribution in [0.25, 0.3) is 0 Å². The first-order chi connectivity index (χ1) is 8.66. The Balaban J connectivity index is 1.99. The molecule has 0 bridgehead atoms. The van der Waals surface area contributed by atoms with Gasteiger partial charge in [-0.05, 0) is 17.7 Å². The van der Waals surface area contributed by atoms with Gasteiger partial charge in [-0.2, -0.15) is 0 Å². The second-order valence-corrected chi connectivity index (χ2v) is 3.97. The van der Waals surface area contributed by atoms with Crippen molar-refractivity contribution in [3.63, 3.8) is 0 Å². The molecule has 0 aliphatic heterocycles. The fraction of sp³-hybridized carbons (Fsp3) is 0.0833. The quantitative estimate of drug-likeness (QED) is 0.926. The Morgan fingerprint density at radius 2 is 2.06 bits per heavy atom. The van der Waals surface area contributed by atoms with Crippen molar-refractivity contribution < 1.29 is 9.18 Å². The van der Waals surface area contributed by atoms with Crippen LogP contribution < -0.4 is 5.32 Å². The van der Waals surface area contributed by atoms with Gasteiger partial charge in [-0.1, -0.05) is 17.7 Å². The molecule has 0 atom stereocenters. The molecule has 6 heteroatoms. The molecule has 0 saturated carbocycles. The smallest absolute Gasteiger partial charge is 0.254 e. The Labute approximate surface area is 108 Å². The Bertz CT molecular complexity index is 563. The lowest BCUT2D eigenvalue weighted by Crippen LogP contribution is -2.23. The summed E-state index contributed by atoms with van der Waals surface area (Å²) in [7, 11) is 0. The predicted octanol–water partition coefficient (Wildman–Crippen LogP) is 2.20. The number of carbonyl (C=O) groups excluding carboxylic acids is 1. The highest BCUT2D eigenvalue weighted by molar-refractivity contribution is 6.30. The maximum absolute atomic E-state index is 12.9. The van der Waals surface area contributed by atoms with E-state index in [0.29, 0.717) is 11.1 Å². The van der Waals surface area contributed by atoms with Crippen molar-refractivity contribution in [3.05, 3.63) is 58.9 Å². The Kier molecular flexibility index (Phi) is 3.84. The van der Waals surface area contributed by atoms with Gasteiger partial charge in [-0.25, -0.2) is 14.4 Å². The molecular formula is C12H9ClFN3O. The van der Waals surface area contributed by atoms with Gasteiger partial charge in [0.1, 0.15) is 12.1 Å². The summed E-state index contributed by atoms with van der Waals surface area (Å²) >= 11 is 5.64. The van der Waals surface area contributed by atoms with E-state index in [1.807, 2.05) is 0 Å². The van der Waals surface area contributed by atoms with Crippen molar-refractivity contribution in [1.29, 1.82) is 0 Å². The van der Waals surface area contributed by atoms with Gasteiger partial charge in [0.05, 0.1) is 10.6 Å². The van der Waals surface area contributed by atoms with Crippen LogP contribution in [-0.2, 0) is 6.54 Å². The summed E-state index contributed by atoms with van der Waals surface area (Å²) in [6.45, 7) is 0.258. The van der Waals surface area contributed by atoms with Gasteiger partial charge in [0.25, 0.3) is 5.91 Å². The minimum absolute atomic E-state index is 0.0322. The van der Waals surface area contributed by atoms with Crippen LogP contribution in [0.2, 0.25) is 5.02 Å². The number of rotatable bonds is 3. The average molecular weight is 266 g/mol. The minimum atomic E-state index is -0.483. The highest BCUT2D eigenvalue weighted by Gasteiger charge is 2.06. The zero-order valence-electron chi connectivity index (χ0n) is 9.23. The van der Waals surface area contributed by atoms with Crippen LogP contribution in [-0.4, -0.2) is 15.9 Å². The van der Waals surface area contributed by atoms with Crippen LogP contribution in [0.15, 0.2) is 36.9 Å². The van der Waals surface area contributed by atoms with E-state index in [-0.39, 0.29) is 17.5 Å². The molecule has 0 aliphatic carbocycles. The minimum Gasteiger partial charge on any atom is -0.348 e. The summed E-state index contributed by atoms with van der Waals surface area (Å²) in [5.74, 6) is -0.778. The summed E-state index contributed by atoms with van der Waals surface area (Å²) in [6, 6.07) is 4.29. The molecule has 1 aromatic heterocycles. The summed E-state index contributed by atoms with van der Waals surface area (Å²) in [6.07, 6.45) is 4.18. The van der Waals surface area contributed by atoms with E-state index in [4.69, 9.17) is 11.6 Å². The maximum atomic E-state index is 12.9. The van der Waals surface area contributed by atoms with Crippen LogP contribution >= 0.6 is 11.6 Å². The molecule has 0 unspecified atom stereocenters. The number of halogens is 2. The maximum Gasteiger partial charge on any atom is 0.254 e. The first kappa shape index (κ1) is 12.4. The fourth-order valence-corrected chi connectivity index (χ4v) is 1.55. The van der Waals surface area contributed by atoms with Crippen LogP contribution in [0.3, 0.4) is 0 Å². The lowest BCUT2D eigenvalue weighted by molar-refractivity contribution is 0.0950. The van der Waals surface area contributed by atoms with Gasteiger partial charge in [-0.15, -0.1) is 0 Å². The van der Waals surface area contributed by atoms with E-state index >= 15 is 0 Å². The van der Waals surface area contributed by atoms with E-state index in [0.717, 1.165) is 0 Å². The van der Waals surface area contributed by atoms with Crippen LogP contribution in [0.4, 0.5) is 4.39 Å². The summed E-state index contributed by atoms with van der Waals surface area (Å²) < 4.78 is 12.9. The normalized spacial score (nSPS) is 10.1. The second kappa shape index (κ2) is 5.55. The zero-order valence-corrected chi connectivity index (χ0v) is 9.99. The van der Waals surface area contributed by atoms with Gasteiger partial charge in [-0.3, -0.25) is 4.79 Å². The molecule has 1 heterocycles. The number of amides is 1. The Morgan fingerprint density at radius 1 is 1.33 bits per heavy atom. The molecule has 2 aromatic rings. The van der Waals surface area contributed by atoms with Crippen molar-refractivity contribution in [1.82, 2.24) is 15.3 Å². The predicted molar refractivity (Wildman–Crippen MR) is 64.6 cm³/mol. The zero-order chi connectivity index (χ0) is 13.0. The van der Waals surface area contributed by atoms with E-state index in [2.05, 4.69) is 15.3 Å². The highest BCUT2D eigenvalue weighted by atomic mass is 35.5. The van der Waals surface area contributed by atoms with Gasteiger partial charge in [0, 0.05) is 18.9 Å². The molecule has 0 saturated heterocycles. The number of nitrogens with zero attached hydrogens (tertiary/aromatic N) is 2. The molecule has 0 fully saturated rings. The number of hydrogen-bond acceptors (Lipinski definition) is 3. The van der Waals surface area contributed by atoms with E-state index in [9.17, 15) is 9.18 Å². The lowest BCUT2D eigenvalue weighted by atomic mass is 10.2. The standard InChI is InChI=1S/C12H9ClFN3O/c13-10-3-8(1-2-11(10)14)4-17-12(18)9-5-15-7-16-6-9/h1-3,5-7H,4H2,(H,17,18). The number of nitrogens with one attached hydrogen (secondary N) is 1. The van der Waals surface area contributed by atoms with Gasteiger partial charge in [0.15, 0.2) is 0 Å². The SMILES string of the molecule is O=C(NCc1ccc(F)c(Cl)c1)c1cncnc1. The van der Waals surface area contributed by atoms with Crippen molar-refractivity contribution in [2.24, 2.45) is 0 Å². The van der Waals surface area contributed by atoms with Crippen molar-refractivity contribution in [2.75, 3.05) is 0 Å². The first-order valence-electron chi connectivity index (χ1n) is 5.14. The van der Waals surface area contributed by atoms with E-state index < -0.39 is 5.82 Å². The number of aromatic nitrogens is 2. The average Bonchev–Trinajstić information content (AvgIpc) is 2.41. The molecule has 0 radical (unpaired) electrons. The Morgan fingerprint density at radius 3 is 2.72 bits per heavy atom.